The molecule has 28 heavy (non-hydrogen) atoms. The van der Waals surface area contributed by atoms with E-state index in [1.807, 2.05) is 0 Å². The van der Waals surface area contributed by atoms with Crippen molar-refractivity contribution in [2.24, 2.45) is 11.8 Å². The monoisotopic (exact) mass is 392 g/mol. The van der Waals surface area contributed by atoms with Crippen LogP contribution < -0.4 is 10.6 Å². The highest BCUT2D eigenvalue weighted by molar-refractivity contribution is 6.06. The molecule has 2 atom stereocenters. The van der Waals surface area contributed by atoms with Crippen LogP contribution in [0.5, 0.6) is 0 Å². The number of para-hydroxylation sites is 1. The van der Waals surface area contributed by atoms with Crippen LogP contribution in [0.15, 0.2) is 36.4 Å². The summed E-state index contributed by atoms with van der Waals surface area (Å²) in [7, 11) is 1.21. The summed E-state index contributed by atoms with van der Waals surface area (Å²) >= 11 is 0. The fraction of sp³-hybridized carbons (Fsp3) is 0.211. The molecule has 2 amide bonds. The largest absolute Gasteiger partial charge is 0.465 e. The second kappa shape index (κ2) is 7.71. The van der Waals surface area contributed by atoms with Crippen molar-refractivity contribution < 1.29 is 32.3 Å². The molecule has 1 saturated carbocycles. The second-order valence-electron chi connectivity index (χ2n) is 6.19. The van der Waals surface area contributed by atoms with Crippen molar-refractivity contribution in [2.45, 2.75) is 6.42 Å². The number of ether oxygens (including phenoxy) is 1. The van der Waals surface area contributed by atoms with Crippen LogP contribution in [-0.4, -0.2) is 24.9 Å². The molecule has 2 N–H and O–H groups in total. The lowest BCUT2D eigenvalue weighted by atomic mass is 10.1. The molecular formula is C19H15F3N2O4. The van der Waals surface area contributed by atoms with Crippen molar-refractivity contribution in [1.29, 1.82) is 0 Å². The molecule has 0 aliphatic heterocycles. The van der Waals surface area contributed by atoms with E-state index in [2.05, 4.69) is 15.4 Å². The average molecular weight is 392 g/mol. The van der Waals surface area contributed by atoms with Crippen LogP contribution in [0.25, 0.3) is 0 Å². The Morgan fingerprint density at radius 1 is 0.893 bits per heavy atom. The first-order valence-corrected chi connectivity index (χ1v) is 8.26. The molecular weight excluding hydrogens is 377 g/mol. The van der Waals surface area contributed by atoms with Gasteiger partial charge in [-0.15, -0.1) is 0 Å². The summed E-state index contributed by atoms with van der Waals surface area (Å²) in [5, 5.41) is 4.71. The highest BCUT2D eigenvalue weighted by Gasteiger charge is 2.48. The number of carbonyl (C=O) groups is 3. The Bertz CT molecular complexity index is 964. The third kappa shape index (κ3) is 3.83. The topological polar surface area (TPSA) is 84.5 Å². The second-order valence-corrected chi connectivity index (χ2v) is 6.19. The molecule has 1 aliphatic rings. The van der Waals surface area contributed by atoms with Gasteiger partial charge in [0.25, 0.3) is 0 Å². The molecule has 3 rings (SSSR count). The molecule has 2 aromatic carbocycles. The molecule has 0 aromatic heterocycles. The Hall–Kier alpha value is -3.36. The molecule has 146 valence electrons. The van der Waals surface area contributed by atoms with Crippen LogP contribution in [0.1, 0.15) is 16.8 Å². The first-order valence-electron chi connectivity index (χ1n) is 8.26. The number of anilines is 2. The lowest BCUT2D eigenvalue weighted by Crippen LogP contribution is -2.22. The summed E-state index contributed by atoms with van der Waals surface area (Å²) in [6.45, 7) is 0. The van der Waals surface area contributed by atoms with Crippen LogP contribution in [0.2, 0.25) is 0 Å². The van der Waals surface area contributed by atoms with Crippen LogP contribution in [0.3, 0.4) is 0 Å². The van der Waals surface area contributed by atoms with Crippen LogP contribution >= 0.6 is 0 Å². The van der Waals surface area contributed by atoms with Crippen molar-refractivity contribution in [2.75, 3.05) is 17.7 Å². The van der Waals surface area contributed by atoms with Gasteiger partial charge in [-0.1, -0.05) is 12.1 Å². The minimum Gasteiger partial charge on any atom is -0.465 e. The molecule has 9 heteroatoms. The third-order valence-corrected chi connectivity index (χ3v) is 4.35. The SMILES string of the molecule is COC(=O)c1ccccc1NC(=O)C1CC1C(=O)Nc1ccc(F)c(F)c1F. The summed E-state index contributed by atoms with van der Waals surface area (Å²) in [5.41, 5.74) is -0.119. The van der Waals surface area contributed by atoms with Gasteiger partial charge < -0.3 is 15.4 Å². The van der Waals surface area contributed by atoms with Crippen LogP contribution in [-0.2, 0) is 14.3 Å². The number of hydrogen-bond acceptors (Lipinski definition) is 4. The number of nitrogens with one attached hydrogen (secondary N) is 2. The Kier molecular flexibility index (Phi) is 5.34. The van der Waals surface area contributed by atoms with Crippen LogP contribution in [0, 0.1) is 29.3 Å². The summed E-state index contributed by atoms with van der Waals surface area (Å²) in [6, 6.07) is 7.80. The van der Waals surface area contributed by atoms with Gasteiger partial charge in [0, 0.05) is 0 Å². The fourth-order valence-electron chi connectivity index (χ4n) is 2.73. The molecule has 0 saturated heterocycles. The number of esters is 1. The van der Waals surface area contributed by atoms with Crippen molar-refractivity contribution in [3.05, 3.63) is 59.4 Å². The van der Waals surface area contributed by atoms with E-state index in [9.17, 15) is 27.6 Å². The molecule has 0 heterocycles. The lowest BCUT2D eigenvalue weighted by molar-refractivity contribution is -0.122. The van der Waals surface area contributed by atoms with E-state index < -0.39 is 52.8 Å². The zero-order chi connectivity index (χ0) is 20.4. The van der Waals surface area contributed by atoms with Crippen molar-refractivity contribution in [1.82, 2.24) is 0 Å². The number of benzene rings is 2. The zero-order valence-electron chi connectivity index (χ0n) is 14.6. The minimum atomic E-state index is -1.69. The fourth-order valence-corrected chi connectivity index (χ4v) is 2.73. The number of amides is 2. The normalized spacial score (nSPS) is 17.6. The van der Waals surface area contributed by atoms with Crippen molar-refractivity contribution in [3.63, 3.8) is 0 Å². The number of rotatable bonds is 5. The highest BCUT2D eigenvalue weighted by atomic mass is 19.2. The highest BCUT2D eigenvalue weighted by Crippen LogP contribution is 2.40. The average Bonchev–Trinajstić information content (AvgIpc) is 3.49. The Morgan fingerprint density at radius 2 is 1.50 bits per heavy atom. The molecule has 2 unspecified atom stereocenters. The smallest absolute Gasteiger partial charge is 0.339 e. The Labute approximate surface area is 157 Å². The molecule has 1 aliphatic carbocycles. The quantitative estimate of drug-likeness (QED) is 0.605. The van der Waals surface area contributed by atoms with E-state index in [1.165, 1.54) is 19.2 Å². The van der Waals surface area contributed by atoms with E-state index in [1.54, 1.807) is 12.1 Å². The van der Waals surface area contributed by atoms with Gasteiger partial charge in [-0.05, 0) is 30.7 Å². The molecule has 0 bridgehead atoms. The van der Waals surface area contributed by atoms with E-state index in [-0.39, 0.29) is 17.7 Å². The summed E-state index contributed by atoms with van der Waals surface area (Å²) in [5.74, 6) is -7.84. The molecule has 0 radical (unpaired) electrons. The van der Waals surface area contributed by atoms with Gasteiger partial charge in [0.15, 0.2) is 17.5 Å². The molecule has 2 aromatic rings. The van der Waals surface area contributed by atoms with Gasteiger partial charge >= 0.3 is 5.97 Å². The predicted molar refractivity (Wildman–Crippen MR) is 93.0 cm³/mol. The number of methoxy groups -OCH3 is 1. The van der Waals surface area contributed by atoms with Gasteiger partial charge in [-0.2, -0.15) is 0 Å². The minimum absolute atomic E-state index is 0.156. The summed E-state index contributed by atoms with van der Waals surface area (Å²) in [6.07, 6.45) is 0.198. The zero-order valence-corrected chi connectivity index (χ0v) is 14.6. The maximum Gasteiger partial charge on any atom is 0.339 e. The maximum atomic E-state index is 13.7. The van der Waals surface area contributed by atoms with Crippen molar-refractivity contribution in [3.8, 4) is 0 Å². The Morgan fingerprint density at radius 3 is 2.14 bits per heavy atom. The van der Waals surface area contributed by atoms with Gasteiger partial charge in [0.05, 0.1) is 35.9 Å². The first-order chi connectivity index (χ1) is 13.3. The van der Waals surface area contributed by atoms with Gasteiger partial charge in [0.1, 0.15) is 0 Å². The number of hydrogen-bond donors (Lipinski definition) is 2. The molecule has 6 nitrogen and oxygen atoms in total. The van der Waals surface area contributed by atoms with E-state index in [0.717, 1.165) is 6.07 Å². The van der Waals surface area contributed by atoms with Crippen molar-refractivity contribution >= 4 is 29.2 Å². The number of carbonyl (C=O) groups excluding carboxylic acids is 3. The third-order valence-electron chi connectivity index (χ3n) is 4.35. The van der Waals surface area contributed by atoms with Gasteiger partial charge in [-0.25, -0.2) is 18.0 Å². The van der Waals surface area contributed by atoms with E-state index in [4.69, 9.17) is 0 Å². The Balaban J connectivity index is 1.64. The predicted octanol–water partition coefficient (Wildman–Crippen LogP) is 3.10. The summed E-state index contributed by atoms with van der Waals surface area (Å²) in [4.78, 5) is 36.2. The summed E-state index contributed by atoms with van der Waals surface area (Å²) < 4.78 is 44.5. The molecule has 1 fully saturated rings. The lowest BCUT2D eigenvalue weighted by Gasteiger charge is -2.10. The number of halogens is 3. The van der Waals surface area contributed by atoms with Gasteiger partial charge in [0.2, 0.25) is 11.8 Å². The first kappa shape index (κ1) is 19.4. The maximum absolute atomic E-state index is 13.7. The standard InChI is InChI=1S/C19H15F3N2O4/c1-28-19(27)9-4-2-3-5-13(9)23-17(25)10-8-11(10)18(26)24-14-7-6-12(20)15(21)16(14)22/h2-7,10-11H,8H2,1H3,(H,23,25)(H,24,26). The molecule has 0 spiro atoms. The van der Waals surface area contributed by atoms with E-state index in [0.29, 0.717) is 6.07 Å². The van der Waals surface area contributed by atoms with Crippen LogP contribution in [0.4, 0.5) is 24.5 Å². The van der Waals surface area contributed by atoms with Gasteiger partial charge in [-0.3, -0.25) is 9.59 Å². The van der Waals surface area contributed by atoms with E-state index >= 15 is 0 Å².